The number of benzene rings is 5. The Bertz CT molecular complexity index is 2490. The maximum absolute atomic E-state index is 16.7. The highest BCUT2D eigenvalue weighted by Crippen LogP contribution is 2.54. The number of alkyl halides is 1. The molecule has 4 heterocycles. The monoisotopic (exact) mass is 630 g/mol. The summed E-state index contributed by atoms with van der Waals surface area (Å²) in [5.41, 5.74) is 8.14. The zero-order valence-corrected chi connectivity index (χ0v) is 27.1. The van der Waals surface area contributed by atoms with Gasteiger partial charge in [0.1, 0.15) is 11.6 Å². The van der Waals surface area contributed by atoms with E-state index in [2.05, 4.69) is 71.8 Å². The lowest BCUT2D eigenvalue weighted by molar-refractivity contribution is 0.402. The van der Waals surface area contributed by atoms with Crippen LogP contribution in [0.15, 0.2) is 128 Å². The number of fused-ring (bicyclic) bond motifs is 6. The number of hydrogen-bond donors (Lipinski definition) is 0. The zero-order chi connectivity index (χ0) is 31.9. The Morgan fingerprint density at radius 2 is 1.49 bits per heavy atom. The Morgan fingerprint density at radius 1 is 0.702 bits per heavy atom. The second kappa shape index (κ2) is 10.3. The summed E-state index contributed by atoms with van der Waals surface area (Å²) in [6.07, 6.45) is 0.495. The molecule has 6 heteroatoms. The molecule has 4 nitrogen and oxygen atoms in total. The normalized spacial score (nSPS) is 14.4. The van der Waals surface area contributed by atoms with E-state index in [1.165, 1.54) is 25.7 Å². The van der Waals surface area contributed by atoms with Gasteiger partial charge in [0, 0.05) is 44.4 Å². The first-order valence-electron chi connectivity index (χ1n) is 15.9. The average Bonchev–Trinajstić information content (AvgIpc) is 3.65. The molecule has 0 bridgehead atoms. The molecule has 0 fully saturated rings. The topological polar surface area (TPSA) is 34.0 Å². The van der Waals surface area contributed by atoms with Gasteiger partial charge in [-0.3, -0.25) is 4.90 Å². The number of thiophene rings is 1. The molecule has 1 aliphatic heterocycles. The first kappa shape index (κ1) is 27.9. The van der Waals surface area contributed by atoms with Gasteiger partial charge in [0.2, 0.25) is 0 Å². The van der Waals surface area contributed by atoms with E-state index in [9.17, 15) is 0 Å². The summed E-state index contributed by atoms with van der Waals surface area (Å²) in [4.78, 5) is 11.9. The van der Waals surface area contributed by atoms with Crippen molar-refractivity contribution in [2.45, 2.75) is 25.4 Å². The van der Waals surface area contributed by atoms with Crippen LogP contribution in [0, 0.1) is 0 Å². The lowest BCUT2D eigenvalue weighted by Gasteiger charge is -2.42. The van der Waals surface area contributed by atoms with Gasteiger partial charge in [-0.1, -0.05) is 80.6 Å². The summed E-state index contributed by atoms with van der Waals surface area (Å²) in [6, 6.07) is 41.1. The van der Waals surface area contributed by atoms with E-state index in [1.807, 2.05) is 97.4 Å². The predicted molar refractivity (Wildman–Crippen MR) is 193 cm³/mol. The predicted octanol–water partition coefficient (Wildman–Crippen LogP) is 11.2. The van der Waals surface area contributed by atoms with E-state index >= 15 is 4.39 Å². The number of anilines is 3. The minimum absolute atomic E-state index is 0.315. The van der Waals surface area contributed by atoms with Crippen LogP contribution in [0.2, 0.25) is 0 Å². The van der Waals surface area contributed by atoms with Gasteiger partial charge in [0.15, 0.2) is 6.17 Å². The molecule has 0 saturated carbocycles. The van der Waals surface area contributed by atoms with Crippen molar-refractivity contribution in [1.82, 2.24) is 14.5 Å². The zero-order valence-electron chi connectivity index (χ0n) is 26.3. The summed E-state index contributed by atoms with van der Waals surface area (Å²) in [5, 5.41) is 2.47. The molecule has 3 aromatic heterocycles. The van der Waals surface area contributed by atoms with Gasteiger partial charge in [-0.05, 0) is 76.9 Å². The summed E-state index contributed by atoms with van der Waals surface area (Å²) in [6.45, 7) is 4.54. The molecule has 0 spiro atoms. The number of halogens is 1. The van der Waals surface area contributed by atoms with Gasteiger partial charge in [0.25, 0.3) is 0 Å². The van der Waals surface area contributed by atoms with Gasteiger partial charge in [-0.15, -0.1) is 11.3 Å². The molecular formula is C41H31FN4S. The third-order valence-electron chi connectivity index (χ3n) is 9.74. The quantitative estimate of drug-likeness (QED) is 0.194. The third kappa shape index (κ3) is 4.25. The number of hydrogen-bond acceptors (Lipinski definition) is 4. The Labute approximate surface area is 276 Å². The van der Waals surface area contributed by atoms with Crippen LogP contribution in [0.25, 0.3) is 42.6 Å². The van der Waals surface area contributed by atoms with E-state index in [4.69, 9.17) is 9.97 Å². The lowest BCUT2D eigenvalue weighted by Crippen LogP contribution is -2.31. The van der Waals surface area contributed by atoms with E-state index in [1.54, 1.807) is 0 Å². The van der Waals surface area contributed by atoms with Crippen LogP contribution < -0.4 is 4.90 Å². The minimum Gasteiger partial charge on any atom is -0.327 e. The number of imidazole rings is 1. The van der Waals surface area contributed by atoms with Crippen molar-refractivity contribution in [3.05, 3.63) is 150 Å². The molecule has 1 atom stereocenters. The van der Waals surface area contributed by atoms with Crippen molar-refractivity contribution in [3.63, 3.8) is 0 Å². The number of para-hydroxylation sites is 2. The molecule has 1 unspecified atom stereocenters. The highest BCUT2D eigenvalue weighted by molar-refractivity contribution is 7.25. The molecule has 0 N–H and O–H groups in total. The van der Waals surface area contributed by atoms with Crippen molar-refractivity contribution >= 4 is 59.7 Å². The number of pyridine rings is 1. The van der Waals surface area contributed by atoms with E-state index in [0.29, 0.717) is 11.1 Å². The molecular weight excluding hydrogens is 600 g/mol. The molecule has 0 aliphatic carbocycles. The average molecular weight is 631 g/mol. The Kier molecular flexibility index (Phi) is 6.15. The van der Waals surface area contributed by atoms with Crippen molar-refractivity contribution in [2.75, 3.05) is 4.90 Å². The minimum atomic E-state index is -1.33. The molecule has 9 rings (SSSR count). The summed E-state index contributed by atoms with van der Waals surface area (Å²) >= 11 is 1.83. The molecule has 0 radical (unpaired) electrons. The maximum atomic E-state index is 16.7. The maximum Gasteiger partial charge on any atom is 0.150 e. The highest BCUT2D eigenvalue weighted by atomic mass is 32.1. The van der Waals surface area contributed by atoms with E-state index < -0.39 is 6.17 Å². The van der Waals surface area contributed by atoms with Crippen molar-refractivity contribution in [2.24, 2.45) is 7.05 Å². The highest BCUT2D eigenvalue weighted by Gasteiger charge is 2.38. The molecule has 1 aliphatic rings. The number of rotatable bonds is 4. The molecule has 47 heavy (non-hydrogen) atoms. The molecule has 8 aromatic rings. The summed E-state index contributed by atoms with van der Waals surface area (Å²) < 4.78 is 21.3. The number of aromatic nitrogens is 3. The fourth-order valence-corrected chi connectivity index (χ4v) is 8.43. The van der Waals surface area contributed by atoms with Gasteiger partial charge < -0.3 is 4.57 Å². The number of aryl methyl sites for hydroxylation is 1. The van der Waals surface area contributed by atoms with Crippen LogP contribution in [-0.4, -0.2) is 14.5 Å². The molecule has 5 aromatic carbocycles. The fourth-order valence-electron chi connectivity index (χ4n) is 7.30. The van der Waals surface area contributed by atoms with Crippen LogP contribution in [0.5, 0.6) is 0 Å². The lowest BCUT2D eigenvalue weighted by atomic mass is 9.73. The van der Waals surface area contributed by atoms with E-state index in [-0.39, 0.29) is 5.41 Å². The van der Waals surface area contributed by atoms with Gasteiger partial charge in [-0.2, -0.15) is 0 Å². The van der Waals surface area contributed by atoms with Crippen molar-refractivity contribution in [3.8, 4) is 11.4 Å². The van der Waals surface area contributed by atoms with Crippen LogP contribution in [0.4, 0.5) is 21.6 Å². The largest absolute Gasteiger partial charge is 0.327 e. The van der Waals surface area contributed by atoms with Crippen molar-refractivity contribution < 1.29 is 4.39 Å². The second-order valence-corrected chi connectivity index (χ2v) is 13.9. The van der Waals surface area contributed by atoms with Gasteiger partial charge in [-0.25, -0.2) is 14.4 Å². The first-order chi connectivity index (χ1) is 22.9. The fraction of sp³-hybridized carbons (Fsp3) is 0.122. The number of nitrogens with zero attached hydrogens (tertiary/aromatic N) is 4. The summed E-state index contributed by atoms with van der Waals surface area (Å²) in [5.74, 6) is 1.62. The Morgan fingerprint density at radius 3 is 2.34 bits per heavy atom. The third-order valence-corrected chi connectivity index (χ3v) is 10.9. The van der Waals surface area contributed by atoms with Crippen LogP contribution in [0.3, 0.4) is 0 Å². The Balaban J connectivity index is 1.19. The Hall–Kier alpha value is -5.33. The van der Waals surface area contributed by atoms with E-state index in [0.717, 1.165) is 45.2 Å². The summed E-state index contributed by atoms with van der Waals surface area (Å²) in [7, 11) is 2.01. The second-order valence-electron chi connectivity index (χ2n) is 12.9. The molecule has 0 saturated heterocycles. The standard InChI is InChI=1S/C41H31FN4S/c1-41(2)30-19-18-26(39(42)25-11-10-12-27(21-25)40-44-32-14-5-6-15-33(32)45(40)3)22-34(30)46(38-17-8-9-20-43-38)35-23-29-28-13-4-7-16-36(28)47-37(29)24-31(35)41/h4-24,39H,1-3H3. The first-order valence-corrected chi connectivity index (χ1v) is 16.7. The van der Waals surface area contributed by atoms with Gasteiger partial charge >= 0.3 is 0 Å². The smallest absolute Gasteiger partial charge is 0.150 e. The SMILES string of the molecule is Cn1c(-c2cccc(C(F)c3ccc4c(c3)N(c3ccccn3)c3cc5c(cc3C4(C)C)sc3ccccc35)c2)nc2ccccc21. The van der Waals surface area contributed by atoms with Crippen LogP contribution >= 0.6 is 11.3 Å². The van der Waals surface area contributed by atoms with Crippen LogP contribution in [-0.2, 0) is 12.5 Å². The van der Waals surface area contributed by atoms with Gasteiger partial charge in [0.05, 0.1) is 22.4 Å². The molecule has 0 amide bonds. The van der Waals surface area contributed by atoms with Crippen molar-refractivity contribution in [1.29, 1.82) is 0 Å². The molecule has 228 valence electrons. The van der Waals surface area contributed by atoms with Crippen LogP contribution in [0.1, 0.15) is 42.3 Å².